The van der Waals surface area contributed by atoms with Crippen LogP contribution in [-0.2, 0) is 22.7 Å². The molecule has 2 aliphatic rings. The predicted octanol–water partition coefficient (Wildman–Crippen LogP) is 1.73. The Bertz CT molecular complexity index is 1290. The molecule has 1 saturated heterocycles. The van der Waals surface area contributed by atoms with Gasteiger partial charge in [-0.25, -0.2) is 0 Å². The first-order valence-corrected chi connectivity index (χ1v) is 12.4. The first-order chi connectivity index (χ1) is 17.8. The number of aromatic amines is 1. The van der Waals surface area contributed by atoms with Gasteiger partial charge >= 0.3 is 0 Å². The summed E-state index contributed by atoms with van der Waals surface area (Å²) in [5.74, 6) is -0.998. The summed E-state index contributed by atoms with van der Waals surface area (Å²) in [5.41, 5.74) is 4.00. The molecule has 37 heavy (non-hydrogen) atoms. The van der Waals surface area contributed by atoms with Gasteiger partial charge in [-0.05, 0) is 23.1 Å². The van der Waals surface area contributed by atoms with E-state index in [1.807, 2.05) is 56.3 Å². The van der Waals surface area contributed by atoms with Crippen LogP contribution in [0.3, 0.4) is 0 Å². The number of hydrogen-bond acceptors (Lipinski definition) is 6. The topological polar surface area (TPSA) is 132 Å². The highest BCUT2D eigenvalue weighted by Gasteiger charge is 2.45. The van der Waals surface area contributed by atoms with Crippen molar-refractivity contribution < 1.29 is 19.5 Å². The number of likely N-dealkylation sites (tertiary alicyclic amines) is 1. The number of fused-ring (bicyclic) bond motifs is 1. The van der Waals surface area contributed by atoms with Crippen LogP contribution in [0.1, 0.15) is 41.8 Å². The van der Waals surface area contributed by atoms with E-state index < -0.39 is 18.2 Å². The molecule has 3 heterocycles. The largest absolute Gasteiger partial charge is 0.391 e. The van der Waals surface area contributed by atoms with Crippen molar-refractivity contribution in [2.75, 3.05) is 6.54 Å². The van der Waals surface area contributed by atoms with Gasteiger partial charge in [0.25, 0.3) is 5.91 Å². The third-order valence-electron chi connectivity index (χ3n) is 7.07. The second kappa shape index (κ2) is 10.1. The van der Waals surface area contributed by atoms with Gasteiger partial charge in [0.1, 0.15) is 17.8 Å². The molecule has 10 nitrogen and oxygen atoms in total. The van der Waals surface area contributed by atoms with E-state index in [4.69, 9.17) is 0 Å². The molecular weight excluding hydrogens is 472 g/mol. The first-order valence-electron chi connectivity index (χ1n) is 12.4. The molecule has 10 heteroatoms. The number of carbonyl (C=O) groups excluding carboxylic acids is 3. The number of benzene rings is 2. The minimum absolute atomic E-state index is 0.0571. The molecule has 0 aliphatic carbocycles. The highest BCUT2D eigenvalue weighted by atomic mass is 16.3. The Morgan fingerprint density at radius 2 is 1.92 bits per heavy atom. The molecule has 192 valence electrons. The van der Waals surface area contributed by atoms with Crippen LogP contribution >= 0.6 is 0 Å². The number of carbonyl (C=O) groups is 3. The zero-order valence-electron chi connectivity index (χ0n) is 20.8. The Labute approximate surface area is 214 Å². The molecular formula is C27H30N6O4. The third-order valence-corrected chi connectivity index (χ3v) is 7.07. The van der Waals surface area contributed by atoms with Gasteiger partial charge in [0, 0.05) is 37.2 Å². The standard InChI is InChI=1S/C27H30N6O4/c1-16(2)24(33-14-19-5-3-4-6-21(19)26(33)36)27(37)32-15-20(34)11-23(32)25(35)28-12-17-7-9-18(10-8-17)22-13-29-31-30-22/h3-10,13,16,20,23-24,34H,11-12,14-15H2,1-2H3,(H,28,35)(H,29,30,31)/t20-,23+,24+/m1/s1. The van der Waals surface area contributed by atoms with Crippen LogP contribution in [0.4, 0.5) is 0 Å². The Balaban J connectivity index is 1.27. The van der Waals surface area contributed by atoms with Crippen LogP contribution < -0.4 is 5.32 Å². The summed E-state index contributed by atoms with van der Waals surface area (Å²) in [4.78, 5) is 43.1. The average Bonchev–Trinajstić information content (AvgIpc) is 3.63. The van der Waals surface area contributed by atoms with E-state index in [0.29, 0.717) is 12.1 Å². The van der Waals surface area contributed by atoms with E-state index in [2.05, 4.69) is 20.7 Å². The second-order valence-electron chi connectivity index (χ2n) is 9.94. The van der Waals surface area contributed by atoms with Gasteiger partial charge in [0.05, 0.1) is 12.3 Å². The van der Waals surface area contributed by atoms with E-state index in [0.717, 1.165) is 22.4 Å². The zero-order valence-corrected chi connectivity index (χ0v) is 20.8. The molecule has 2 aromatic carbocycles. The van der Waals surface area contributed by atoms with E-state index in [9.17, 15) is 19.5 Å². The summed E-state index contributed by atoms with van der Waals surface area (Å²) in [5, 5.41) is 23.7. The van der Waals surface area contributed by atoms with Crippen molar-refractivity contribution in [3.8, 4) is 11.3 Å². The van der Waals surface area contributed by atoms with Gasteiger partial charge in [-0.2, -0.15) is 15.4 Å². The van der Waals surface area contributed by atoms with Crippen molar-refractivity contribution >= 4 is 17.7 Å². The second-order valence-corrected chi connectivity index (χ2v) is 9.94. The number of aliphatic hydroxyl groups is 1. The van der Waals surface area contributed by atoms with Gasteiger partial charge in [-0.15, -0.1) is 0 Å². The van der Waals surface area contributed by atoms with Gasteiger partial charge < -0.3 is 20.2 Å². The van der Waals surface area contributed by atoms with Gasteiger partial charge in [-0.3, -0.25) is 14.4 Å². The van der Waals surface area contributed by atoms with Crippen molar-refractivity contribution in [3.05, 3.63) is 71.4 Å². The molecule has 2 aliphatic heterocycles. The molecule has 3 amide bonds. The average molecular weight is 503 g/mol. The lowest BCUT2D eigenvalue weighted by Crippen LogP contribution is -2.55. The number of H-pyrrole nitrogens is 1. The molecule has 1 aromatic heterocycles. The molecule has 0 radical (unpaired) electrons. The molecule has 3 atom stereocenters. The Morgan fingerprint density at radius 3 is 2.59 bits per heavy atom. The van der Waals surface area contributed by atoms with Crippen LogP contribution in [0, 0.1) is 5.92 Å². The van der Waals surface area contributed by atoms with Gasteiger partial charge in [0.2, 0.25) is 11.8 Å². The van der Waals surface area contributed by atoms with E-state index in [1.165, 1.54) is 4.90 Å². The Hall–Kier alpha value is -4.05. The number of hydrogen-bond donors (Lipinski definition) is 3. The Morgan fingerprint density at radius 1 is 1.16 bits per heavy atom. The fraction of sp³-hybridized carbons (Fsp3) is 0.370. The molecule has 3 N–H and O–H groups in total. The lowest BCUT2D eigenvalue weighted by atomic mass is 10.0. The number of rotatable bonds is 7. The monoisotopic (exact) mass is 502 g/mol. The van der Waals surface area contributed by atoms with E-state index in [-0.39, 0.29) is 43.1 Å². The maximum absolute atomic E-state index is 13.8. The lowest BCUT2D eigenvalue weighted by Gasteiger charge is -2.35. The lowest BCUT2D eigenvalue weighted by molar-refractivity contribution is -0.143. The number of nitrogens with one attached hydrogen (secondary N) is 2. The predicted molar refractivity (Wildman–Crippen MR) is 135 cm³/mol. The van der Waals surface area contributed by atoms with E-state index >= 15 is 0 Å². The van der Waals surface area contributed by atoms with Crippen molar-refractivity contribution in [1.29, 1.82) is 0 Å². The SMILES string of the molecule is CC(C)[C@@H](C(=O)N1C[C@H](O)C[C@H]1C(=O)NCc1ccc(-c2cn[nH]n2)cc1)N1Cc2ccccc2C1=O. The number of aliphatic hydroxyl groups excluding tert-OH is 1. The van der Waals surface area contributed by atoms with Crippen molar-refractivity contribution in [2.24, 2.45) is 5.92 Å². The maximum Gasteiger partial charge on any atom is 0.255 e. The van der Waals surface area contributed by atoms with Crippen LogP contribution in [0.2, 0.25) is 0 Å². The van der Waals surface area contributed by atoms with Crippen LogP contribution in [0.25, 0.3) is 11.3 Å². The first kappa shape index (κ1) is 24.6. The fourth-order valence-corrected chi connectivity index (χ4v) is 5.20. The van der Waals surface area contributed by atoms with Gasteiger partial charge in [-0.1, -0.05) is 56.3 Å². The highest BCUT2D eigenvalue weighted by molar-refractivity contribution is 6.01. The normalized spacial score (nSPS) is 19.8. The molecule has 0 bridgehead atoms. The van der Waals surface area contributed by atoms with Crippen molar-refractivity contribution in [3.63, 3.8) is 0 Å². The molecule has 1 fully saturated rings. The van der Waals surface area contributed by atoms with Crippen LogP contribution in [0.5, 0.6) is 0 Å². The summed E-state index contributed by atoms with van der Waals surface area (Å²) in [7, 11) is 0. The number of β-amino-alcohol motifs (C(OH)–C–C–N with tert-alkyl or cyclic N) is 1. The molecule has 0 unspecified atom stereocenters. The van der Waals surface area contributed by atoms with Gasteiger partial charge in [0.15, 0.2) is 0 Å². The Kier molecular flexibility index (Phi) is 6.75. The van der Waals surface area contributed by atoms with Crippen molar-refractivity contribution in [1.82, 2.24) is 30.5 Å². The smallest absolute Gasteiger partial charge is 0.255 e. The summed E-state index contributed by atoms with van der Waals surface area (Å²) >= 11 is 0. The molecule has 0 saturated carbocycles. The van der Waals surface area contributed by atoms with Crippen LogP contribution in [0.15, 0.2) is 54.7 Å². The molecule has 5 rings (SSSR count). The van der Waals surface area contributed by atoms with E-state index in [1.54, 1.807) is 17.2 Å². The molecule has 3 aromatic rings. The summed E-state index contributed by atoms with van der Waals surface area (Å²) in [6.45, 7) is 4.47. The molecule has 0 spiro atoms. The highest BCUT2D eigenvalue weighted by Crippen LogP contribution is 2.30. The summed E-state index contributed by atoms with van der Waals surface area (Å²) < 4.78 is 0. The minimum Gasteiger partial charge on any atom is -0.391 e. The number of nitrogens with zero attached hydrogens (tertiary/aromatic N) is 4. The third kappa shape index (κ3) is 4.84. The summed E-state index contributed by atoms with van der Waals surface area (Å²) in [6, 6.07) is 13.4. The van der Waals surface area contributed by atoms with Crippen LogP contribution in [-0.4, -0.2) is 72.8 Å². The number of amides is 3. The summed E-state index contributed by atoms with van der Waals surface area (Å²) in [6.07, 6.45) is 0.981. The maximum atomic E-state index is 13.8. The zero-order chi connectivity index (χ0) is 26.1. The number of aromatic nitrogens is 3. The quantitative estimate of drug-likeness (QED) is 0.451. The fourth-order valence-electron chi connectivity index (χ4n) is 5.20. The van der Waals surface area contributed by atoms with Crippen molar-refractivity contribution in [2.45, 2.75) is 51.5 Å². The minimum atomic E-state index is -0.807.